The number of amides is 1. The maximum atomic E-state index is 12.5. The number of anilines is 2. The number of carbonyl (C=O) groups is 1. The molecule has 2 aromatic rings. The highest BCUT2D eigenvalue weighted by Gasteiger charge is 2.14. The predicted octanol–water partition coefficient (Wildman–Crippen LogP) is 2.90. The number of hydrogen-bond acceptors (Lipinski definition) is 3. The lowest BCUT2D eigenvalue weighted by molar-refractivity contribution is 0.0993. The summed E-state index contributed by atoms with van der Waals surface area (Å²) in [6.07, 6.45) is 0. The Hall–Kier alpha value is -2.80. The zero-order valence-corrected chi connectivity index (χ0v) is 12.4. The highest BCUT2D eigenvalue weighted by Crippen LogP contribution is 2.19. The number of nitriles is 1. The van der Waals surface area contributed by atoms with Gasteiger partial charge in [0, 0.05) is 38.1 Å². The van der Waals surface area contributed by atoms with Crippen molar-refractivity contribution in [3.63, 3.8) is 0 Å². The van der Waals surface area contributed by atoms with Gasteiger partial charge in [0.2, 0.25) is 0 Å². The van der Waals surface area contributed by atoms with E-state index in [0.717, 1.165) is 11.4 Å². The molecule has 2 aromatic carbocycles. The monoisotopic (exact) mass is 279 g/mol. The fourth-order valence-corrected chi connectivity index (χ4v) is 1.99. The van der Waals surface area contributed by atoms with Crippen LogP contribution in [0, 0.1) is 11.3 Å². The van der Waals surface area contributed by atoms with Crippen molar-refractivity contribution in [3.05, 3.63) is 59.7 Å². The lowest BCUT2D eigenvalue weighted by Gasteiger charge is -2.19. The van der Waals surface area contributed by atoms with Crippen LogP contribution in [-0.4, -0.2) is 27.1 Å². The first-order valence-corrected chi connectivity index (χ1v) is 6.58. The number of hydrogen-bond donors (Lipinski definition) is 0. The molecule has 0 spiro atoms. The first kappa shape index (κ1) is 14.6. The second-order valence-electron chi connectivity index (χ2n) is 4.97. The van der Waals surface area contributed by atoms with Gasteiger partial charge in [0.25, 0.3) is 5.91 Å². The van der Waals surface area contributed by atoms with Crippen LogP contribution >= 0.6 is 0 Å². The molecule has 4 nitrogen and oxygen atoms in total. The van der Waals surface area contributed by atoms with E-state index < -0.39 is 0 Å². The molecule has 0 aromatic heterocycles. The first-order chi connectivity index (χ1) is 10.0. The van der Waals surface area contributed by atoms with Crippen molar-refractivity contribution in [1.82, 2.24) is 0 Å². The minimum absolute atomic E-state index is 0.0802. The fraction of sp³-hybridized carbons (Fsp3) is 0.176. The molecule has 0 aliphatic rings. The van der Waals surface area contributed by atoms with E-state index in [9.17, 15) is 4.79 Å². The highest BCUT2D eigenvalue weighted by atomic mass is 16.2. The quantitative estimate of drug-likeness (QED) is 0.868. The van der Waals surface area contributed by atoms with Crippen molar-refractivity contribution in [3.8, 4) is 6.07 Å². The summed E-state index contributed by atoms with van der Waals surface area (Å²) in [4.78, 5) is 16.1. The Bertz CT molecular complexity index is 684. The fourth-order valence-electron chi connectivity index (χ4n) is 1.99. The van der Waals surface area contributed by atoms with Gasteiger partial charge < -0.3 is 9.80 Å². The molecular weight excluding hydrogens is 262 g/mol. The Morgan fingerprint density at radius 1 is 1.00 bits per heavy atom. The molecule has 0 saturated heterocycles. The summed E-state index contributed by atoms with van der Waals surface area (Å²) in [5.41, 5.74) is 2.95. The lowest BCUT2D eigenvalue weighted by Crippen LogP contribution is -2.26. The molecule has 2 rings (SSSR count). The van der Waals surface area contributed by atoms with E-state index in [1.54, 1.807) is 42.3 Å². The Balaban J connectivity index is 2.26. The summed E-state index contributed by atoms with van der Waals surface area (Å²) >= 11 is 0. The molecule has 106 valence electrons. The van der Waals surface area contributed by atoms with Crippen molar-refractivity contribution in [2.24, 2.45) is 0 Å². The molecular formula is C17H17N3O. The van der Waals surface area contributed by atoms with E-state index in [1.165, 1.54) is 0 Å². The largest absolute Gasteiger partial charge is 0.378 e. The van der Waals surface area contributed by atoms with E-state index >= 15 is 0 Å². The van der Waals surface area contributed by atoms with E-state index in [4.69, 9.17) is 5.26 Å². The second-order valence-corrected chi connectivity index (χ2v) is 4.97. The maximum Gasteiger partial charge on any atom is 0.258 e. The minimum atomic E-state index is -0.0802. The van der Waals surface area contributed by atoms with Crippen LogP contribution < -0.4 is 9.80 Å². The van der Waals surface area contributed by atoms with Gasteiger partial charge in [0.15, 0.2) is 0 Å². The van der Waals surface area contributed by atoms with Crippen LogP contribution in [0.1, 0.15) is 15.9 Å². The van der Waals surface area contributed by atoms with Crippen molar-refractivity contribution in [2.75, 3.05) is 30.9 Å². The lowest BCUT2D eigenvalue weighted by atomic mass is 10.1. The summed E-state index contributed by atoms with van der Waals surface area (Å²) < 4.78 is 0. The van der Waals surface area contributed by atoms with Crippen LogP contribution in [0.3, 0.4) is 0 Å². The van der Waals surface area contributed by atoms with Gasteiger partial charge >= 0.3 is 0 Å². The number of carbonyl (C=O) groups excluding carboxylic acids is 1. The Kier molecular flexibility index (Phi) is 4.24. The SMILES string of the molecule is CN(C)c1cccc(C(=O)N(C)c2ccc(C#N)cc2)c1. The molecule has 0 aliphatic heterocycles. The van der Waals surface area contributed by atoms with Crippen molar-refractivity contribution >= 4 is 17.3 Å². The molecule has 0 unspecified atom stereocenters. The van der Waals surface area contributed by atoms with Crippen LogP contribution in [0.4, 0.5) is 11.4 Å². The minimum Gasteiger partial charge on any atom is -0.378 e. The topological polar surface area (TPSA) is 47.3 Å². The van der Waals surface area contributed by atoms with Gasteiger partial charge in [-0.3, -0.25) is 4.79 Å². The van der Waals surface area contributed by atoms with Gasteiger partial charge in [-0.25, -0.2) is 0 Å². The highest BCUT2D eigenvalue weighted by molar-refractivity contribution is 6.06. The third-order valence-corrected chi connectivity index (χ3v) is 3.30. The Morgan fingerprint density at radius 3 is 2.24 bits per heavy atom. The molecule has 4 heteroatoms. The van der Waals surface area contributed by atoms with Crippen LogP contribution in [0.5, 0.6) is 0 Å². The van der Waals surface area contributed by atoms with Crippen LogP contribution in [-0.2, 0) is 0 Å². The molecule has 1 amide bonds. The number of rotatable bonds is 3. The van der Waals surface area contributed by atoms with Gasteiger partial charge in [0.1, 0.15) is 0 Å². The molecule has 0 aliphatic carbocycles. The smallest absolute Gasteiger partial charge is 0.258 e. The Morgan fingerprint density at radius 2 is 1.67 bits per heavy atom. The van der Waals surface area contributed by atoms with E-state index in [0.29, 0.717) is 11.1 Å². The third-order valence-electron chi connectivity index (χ3n) is 3.30. The third kappa shape index (κ3) is 3.21. The molecule has 0 atom stereocenters. The zero-order chi connectivity index (χ0) is 15.4. The van der Waals surface area contributed by atoms with Gasteiger partial charge in [0.05, 0.1) is 11.6 Å². The second kappa shape index (κ2) is 6.10. The van der Waals surface area contributed by atoms with Gasteiger partial charge in [-0.1, -0.05) is 6.07 Å². The molecule has 0 fully saturated rings. The first-order valence-electron chi connectivity index (χ1n) is 6.58. The van der Waals surface area contributed by atoms with E-state index in [1.807, 2.05) is 37.2 Å². The van der Waals surface area contributed by atoms with Crippen molar-refractivity contribution < 1.29 is 4.79 Å². The molecule has 0 N–H and O–H groups in total. The summed E-state index contributed by atoms with van der Waals surface area (Å²) in [7, 11) is 5.61. The molecule has 0 heterocycles. The summed E-state index contributed by atoms with van der Waals surface area (Å²) in [5.74, 6) is -0.0802. The average molecular weight is 279 g/mol. The number of benzene rings is 2. The van der Waals surface area contributed by atoms with Crippen molar-refractivity contribution in [2.45, 2.75) is 0 Å². The van der Waals surface area contributed by atoms with E-state index in [2.05, 4.69) is 6.07 Å². The molecule has 0 radical (unpaired) electrons. The zero-order valence-electron chi connectivity index (χ0n) is 12.4. The summed E-state index contributed by atoms with van der Waals surface area (Å²) in [5, 5.41) is 8.80. The van der Waals surface area contributed by atoms with Gasteiger partial charge in [-0.05, 0) is 42.5 Å². The predicted molar refractivity (Wildman–Crippen MR) is 84.7 cm³/mol. The maximum absolute atomic E-state index is 12.5. The van der Waals surface area contributed by atoms with Gasteiger partial charge in [-0.15, -0.1) is 0 Å². The number of nitrogens with zero attached hydrogens (tertiary/aromatic N) is 3. The van der Waals surface area contributed by atoms with Crippen molar-refractivity contribution in [1.29, 1.82) is 5.26 Å². The van der Waals surface area contributed by atoms with Crippen LogP contribution in [0.25, 0.3) is 0 Å². The normalized spacial score (nSPS) is 9.81. The standard InChI is InChI=1S/C17H17N3O/c1-19(2)16-6-4-5-14(11-16)17(21)20(3)15-9-7-13(12-18)8-10-15/h4-11H,1-3H3. The Labute approximate surface area is 124 Å². The van der Waals surface area contributed by atoms with Crippen LogP contribution in [0.2, 0.25) is 0 Å². The average Bonchev–Trinajstić information content (AvgIpc) is 2.53. The molecule has 0 saturated carbocycles. The van der Waals surface area contributed by atoms with E-state index in [-0.39, 0.29) is 5.91 Å². The molecule has 21 heavy (non-hydrogen) atoms. The van der Waals surface area contributed by atoms with Crippen LogP contribution in [0.15, 0.2) is 48.5 Å². The summed E-state index contributed by atoms with van der Waals surface area (Å²) in [6, 6.07) is 16.5. The summed E-state index contributed by atoms with van der Waals surface area (Å²) in [6.45, 7) is 0. The van der Waals surface area contributed by atoms with Gasteiger partial charge in [-0.2, -0.15) is 5.26 Å². The molecule has 0 bridgehead atoms.